The molecule has 28 heavy (non-hydrogen) atoms. The Morgan fingerprint density at radius 3 is 2.46 bits per heavy atom. The van der Waals surface area contributed by atoms with Crippen molar-refractivity contribution in [2.75, 3.05) is 19.6 Å². The minimum atomic E-state index is 0.737. The molecule has 0 bridgehead atoms. The van der Waals surface area contributed by atoms with Gasteiger partial charge in [-0.05, 0) is 45.5 Å². The Morgan fingerprint density at radius 2 is 1.75 bits per heavy atom. The molecular formula is C22H28N6. The van der Waals surface area contributed by atoms with Gasteiger partial charge in [0, 0.05) is 17.8 Å². The van der Waals surface area contributed by atoms with Crippen LogP contribution in [0.4, 0.5) is 0 Å². The Balaban J connectivity index is 1.74. The third-order valence-corrected chi connectivity index (χ3v) is 5.73. The second-order valence-corrected chi connectivity index (χ2v) is 7.26. The number of fused-ring (bicyclic) bond motifs is 3. The van der Waals surface area contributed by atoms with E-state index in [-0.39, 0.29) is 0 Å². The zero-order valence-electron chi connectivity index (χ0n) is 17.2. The van der Waals surface area contributed by atoms with Crippen LogP contribution in [0.2, 0.25) is 0 Å². The van der Waals surface area contributed by atoms with Gasteiger partial charge in [-0.3, -0.25) is 0 Å². The molecule has 0 atom stereocenters. The molecule has 1 aromatic carbocycles. The normalized spacial score (nSPS) is 11.9. The van der Waals surface area contributed by atoms with E-state index in [9.17, 15) is 0 Å². The van der Waals surface area contributed by atoms with Gasteiger partial charge in [-0.25, -0.2) is 14.5 Å². The summed E-state index contributed by atoms with van der Waals surface area (Å²) in [7, 11) is 0. The molecule has 0 spiro atoms. The molecule has 3 aromatic heterocycles. The van der Waals surface area contributed by atoms with Crippen molar-refractivity contribution in [1.29, 1.82) is 0 Å². The highest BCUT2D eigenvalue weighted by Crippen LogP contribution is 2.28. The molecule has 0 N–H and O–H groups in total. The van der Waals surface area contributed by atoms with Crippen molar-refractivity contribution in [3.05, 3.63) is 47.9 Å². The fourth-order valence-corrected chi connectivity index (χ4v) is 3.91. The molecule has 4 aromatic rings. The first-order valence-electron chi connectivity index (χ1n) is 10.1. The van der Waals surface area contributed by atoms with Crippen LogP contribution in [-0.2, 0) is 6.54 Å². The Kier molecular flexibility index (Phi) is 5.13. The van der Waals surface area contributed by atoms with E-state index in [2.05, 4.69) is 42.3 Å². The highest BCUT2D eigenvalue weighted by atomic mass is 15.3. The Morgan fingerprint density at radius 1 is 1.00 bits per heavy atom. The largest absolute Gasteiger partial charge is 0.329 e. The van der Waals surface area contributed by atoms with Gasteiger partial charge in [0.2, 0.25) is 0 Å². The van der Waals surface area contributed by atoms with E-state index in [4.69, 9.17) is 9.97 Å². The van der Waals surface area contributed by atoms with Crippen LogP contribution >= 0.6 is 0 Å². The van der Waals surface area contributed by atoms with Crippen molar-refractivity contribution >= 4 is 16.7 Å². The average Bonchev–Trinajstić information content (AvgIpc) is 3.26. The van der Waals surface area contributed by atoms with E-state index in [1.165, 1.54) is 11.3 Å². The summed E-state index contributed by atoms with van der Waals surface area (Å²) in [5.74, 6) is 0.737. The lowest BCUT2D eigenvalue weighted by Crippen LogP contribution is -2.25. The van der Waals surface area contributed by atoms with Crippen LogP contribution in [-0.4, -0.2) is 48.7 Å². The molecule has 3 heterocycles. The summed E-state index contributed by atoms with van der Waals surface area (Å²) in [5.41, 5.74) is 5.41. The number of hydrogen-bond donors (Lipinski definition) is 0. The van der Waals surface area contributed by atoms with Crippen LogP contribution in [0.3, 0.4) is 0 Å². The summed E-state index contributed by atoms with van der Waals surface area (Å²) in [6, 6.07) is 10.1. The highest BCUT2D eigenvalue weighted by Gasteiger charge is 2.18. The van der Waals surface area contributed by atoms with E-state index in [0.29, 0.717) is 0 Å². The molecule has 0 radical (unpaired) electrons. The lowest BCUT2D eigenvalue weighted by molar-refractivity contribution is 0.293. The quantitative estimate of drug-likeness (QED) is 0.487. The smallest absolute Gasteiger partial charge is 0.182 e. The van der Waals surface area contributed by atoms with Gasteiger partial charge in [-0.2, -0.15) is 0 Å². The van der Waals surface area contributed by atoms with E-state index in [0.717, 1.165) is 60.7 Å². The second-order valence-electron chi connectivity index (χ2n) is 7.26. The van der Waals surface area contributed by atoms with Crippen LogP contribution < -0.4 is 0 Å². The van der Waals surface area contributed by atoms with Crippen LogP contribution in [0.15, 0.2) is 36.7 Å². The first-order valence-corrected chi connectivity index (χ1v) is 10.1. The molecule has 0 saturated carbocycles. The zero-order valence-corrected chi connectivity index (χ0v) is 17.2. The predicted octanol–water partition coefficient (Wildman–Crippen LogP) is 4.09. The van der Waals surface area contributed by atoms with Gasteiger partial charge >= 0.3 is 0 Å². The molecule has 0 unspecified atom stereocenters. The maximum atomic E-state index is 4.85. The number of aryl methyl sites for hydroxylation is 2. The van der Waals surface area contributed by atoms with Gasteiger partial charge in [-0.1, -0.05) is 44.2 Å². The fraction of sp³-hybridized carbons (Fsp3) is 0.409. The van der Waals surface area contributed by atoms with Gasteiger partial charge in [0.1, 0.15) is 12.0 Å². The van der Waals surface area contributed by atoms with Gasteiger partial charge in [-0.15, -0.1) is 5.10 Å². The number of hydrogen-bond acceptors (Lipinski definition) is 4. The Hall–Kier alpha value is -2.73. The molecule has 6 heteroatoms. The van der Waals surface area contributed by atoms with Crippen LogP contribution in [0.1, 0.15) is 31.5 Å². The summed E-state index contributed by atoms with van der Waals surface area (Å²) in [4.78, 5) is 12.1. The molecule has 146 valence electrons. The highest BCUT2D eigenvalue weighted by molar-refractivity contribution is 5.94. The zero-order chi connectivity index (χ0) is 19.7. The van der Waals surface area contributed by atoms with Gasteiger partial charge in [0.15, 0.2) is 11.5 Å². The molecule has 0 amide bonds. The van der Waals surface area contributed by atoms with Crippen molar-refractivity contribution < 1.29 is 0 Å². The van der Waals surface area contributed by atoms with Gasteiger partial charge < -0.3 is 9.47 Å². The topological polar surface area (TPSA) is 51.2 Å². The molecular weight excluding hydrogens is 348 g/mol. The van der Waals surface area contributed by atoms with Crippen molar-refractivity contribution in [3.8, 4) is 11.4 Å². The number of benzene rings is 1. The molecule has 0 aliphatic rings. The standard InChI is InChI=1S/C22H28N6/c1-5-26(6-2)13-10-14-27-17(4)16(3)19-21(27)23-15-28-22(19)24-20(25-28)18-11-8-7-9-12-18/h7-9,11-12,15H,5-6,10,13-14H2,1-4H3. The lowest BCUT2D eigenvalue weighted by atomic mass is 10.2. The van der Waals surface area contributed by atoms with Crippen LogP contribution in [0, 0.1) is 13.8 Å². The summed E-state index contributed by atoms with van der Waals surface area (Å²) < 4.78 is 4.14. The SMILES string of the molecule is CCN(CC)CCCn1c(C)c(C)c2c1ncn1nc(-c3ccccc3)nc21. The van der Waals surface area contributed by atoms with Gasteiger partial charge in [0.05, 0.1) is 5.39 Å². The molecule has 6 nitrogen and oxygen atoms in total. The molecule has 0 fully saturated rings. The fourth-order valence-electron chi connectivity index (χ4n) is 3.91. The van der Waals surface area contributed by atoms with Crippen LogP contribution in [0.25, 0.3) is 28.1 Å². The van der Waals surface area contributed by atoms with E-state index in [1.54, 1.807) is 10.8 Å². The van der Waals surface area contributed by atoms with Crippen molar-refractivity contribution in [3.63, 3.8) is 0 Å². The maximum absolute atomic E-state index is 4.85. The summed E-state index contributed by atoms with van der Waals surface area (Å²) >= 11 is 0. The van der Waals surface area contributed by atoms with Crippen molar-refractivity contribution in [2.24, 2.45) is 0 Å². The minimum absolute atomic E-state index is 0.737. The Labute approximate surface area is 165 Å². The predicted molar refractivity (Wildman–Crippen MR) is 114 cm³/mol. The summed E-state index contributed by atoms with van der Waals surface area (Å²) in [6.07, 6.45) is 2.90. The van der Waals surface area contributed by atoms with E-state index < -0.39 is 0 Å². The number of aromatic nitrogens is 5. The molecule has 0 aliphatic carbocycles. The second kappa shape index (κ2) is 7.72. The number of rotatable bonds is 7. The summed E-state index contributed by atoms with van der Waals surface area (Å²) in [6.45, 7) is 13.1. The first kappa shape index (κ1) is 18.6. The van der Waals surface area contributed by atoms with Crippen molar-refractivity contribution in [2.45, 2.75) is 40.7 Å². The van der Waals surface area contributed by atoms with Gasteiger partial charge in [0.25, 0.3) is 0 Å². The summed E-state index contributed by atoms with van der Waals surface area (Å²) in [5, 5.41) is 5.76. The monoisotopic (exact) mass is 376 g/mol. The minimum Gasteiger partial charge on any atom is -0.329 e. The Bertz CT molecular complexity index is 1090. The maximum Gasteiger partial charge on any atom is 0.182 e. The first-order chi connectivity index (χ1) is 13.6. The third kappa shape index (κ3) is 3.18. The van der Waals surface area contributed by atoms with Crippen molar-refractivity contribution in [1.82, 2.24) is 29.0 Å². The van der Waals surface area contributed by atoms with E-state index in [1.807, 2.05) is 30.3 Å². The average molecular weight is 377 g/mol. The van der Waals surface area contributed by atoms with Crippen LogP contribution in [0.5, 0.6) is 0 Å². The van der Waals surface area contributed by atoms with E-state index >= 15 is 0 Å². The third-order valence-electron chi connectivity index (χ3n) is 5.73. The lowest BCUT2D eigenvalue weighted by Gasteiger charge is -2.18. The molecule has 0 aliphatic heterocycles. The molecule has 0 saturated heterocycles. The number of nitrogens with zero attached hydrogens (tertiary/aromatic N) is 6. The molecule has 4 rings (SSSR count).